The molecule has 250 valence electrons. The minimum Gasteiger partial charge on any atom is -0.490 e. The van der Waals surface area contributed by atoms with E-state index in [2.05, 4.69) is 39.6 Å². The summed E-state index contributed by atoms with van der Waals surface area (Å²) in [5.74, 6) is 0.569. The van der Waals surface area contributed by atoms with Crippen LogP contribution in [-0.2, 0) is 11.3 Å². The molecule has 0 spiro atoms. The number of anilines is 2. The first kappa shape index (κ1) is 34.9. The number of pyridine rings is 1. The Morgan fingerprint density at radius 2 is 1.91 bits per heavy atom. The normalized spacial score (nSPS) is 20.4. The summed E-state index contributed by atoms with van der Waals surface area (Å²) in [5, 5.41) is 19.7. The summed E-state index contributed by atoms with van der Waals surface area (Å²) in [5.41, 5.74) is 2.93. The number of likely N-dealkylation sites (N-methyl/N-ethyl adjacent to an activating group) is 1. The molecule has 3 amide bonds. The zero-order valence-corrected chi connectivity index (χ0v) is 27.8. The average molecular weight is 637 g/mol. The van der Waals surface area contributed by atoms with Gasteiger partial charge in [-0.05, 0) is 89.9 Å². The molecular formula is C34H48N6O6. The topological polar surface area (TPSA) is 142 Å². The minimum absolute atomic E-state index is 0.0498. The van der Waals surface area contributed by atoms with Gasteiger partial charge in [0.1, 0.15) is 17.1 Å². The van der Waals surface area contributed by atoms with Crippen LogP contribution in [0, 0.1) is 19.8 Å². The second-order valence-corrected chi connectivity index (χ2v) is 12.3. The van der Waals surface area contributed by atoms with Crippen molar-refractivity contribution < 1.29 is 28.7 Å². The van der Waals surface area contributed by atoms with Crippen LogP contribution in [-0.4, -0.2) is 88.6 Å². The van der Waals surface area contributed by atoms with Crippen LogP contribution in [0.5, 0.6) is 5.75 Å². The standard InChI is InChI=1S/C34H48N6O6/c1-22-18-40(23(2)21-41)33(42)29-17-28(36-34(43)37-32-25(4)38-46-26(32)5)10-11-30(29)45-24(3)9-7-8-16-44-31(22)20-39(6)19-27-12-14-35-15-13-27/h10-15,17,22-24,31,41H,7-9,16,18-21H2,1-6H3,(H2,36,37,43)/t22-,23+,24-,31+/m0/s1. The van der Waals surface area contributed by atoms with E-state index < -0.39 is 12.1 Å². The molecule has 46 heavy (non-hydrogen) atoms. The number of carbonyl (C=O) groups is 2. The molecular weight excluding hydrogens is 588 g/mol. The van der Waals surface area contributed by atoms with Gasteiger partial charge in [0.2, 0.25) is 0 Å². The number of urea groups is 1. The number of hydrogen-bond donors (Lipinski definition) is 3. The summed E-state index contributed by atoms with van der Waals surface area (Å²) in [7, 11) is 2.06. The van der Waals surface area contributed by atoms with Crippen LogP contribution >= 0.6 is 0 Å². The van der Waals surface area contributed by atoms with Gasteiger partial charge in [-0.25, -0.2) is 4.79 Å². The smallest absolute Gasteiger partial charge is 0.323 e. The van der Waals surface area contributed by atoms with Crippen LogP contribution in [0.1, 0.15) is 67.4 Å². The molecule has 1 aromatic carbocycles. The van der Waals surface area contributed by atoms with Gasteiger partial charge in [-0.1, -0.05) is 12.1 Å². The Balaban J connectivity index is 1.60. The molecule has 12 heteroatoms. The lowest BCUT2D eigenvalue weighted by atomic mass is 10.0. The molecule has 2 aromatic heterocycles. The Morgan fingerprint density at radius 3 is 2.61 bits per heavy atom. The number of aliphatic hydroxyl groups excluding tert-OH is 1. The lowest BCUT2D eigenvalue weighted by Gasteiger charge is -2.36. The monoisotopic (exact) mass is 636 g/mol. The largest absolute Gasteiger partial charge is 0.490 e. The summed E-state index contributed by atoms with van der Waals surface area (Å²) < 4.78 is 17.9. The molecule has 1 aliphatic rings. The Bertz CT molecular complexity index is 1410. The van der Waals surface area contributed by atoms with Crippen molar-refractivity contribution in [1.82, 2.24) is 19.9 Å². The molecule has 3 aromatic rings. The molecule has 12 nitrogen and oxygen atoms in total. The molecule has 0 saturated carbocycles. The van der Waals surface area contributed by atoms with Gasteiger partial charge in [-0.15, -0.1) is 0 Å². The zero-order valence-electron chi connectivity index (χ0n) is 27.8. The number of rotatable bonds is 8. The van der Waals surface area contributed by atoms with Gasteiger partial charge in [0, 0.05) is 50.2 Å². The summed E-state index contributed by atoms with van der Waals surface area (Å²) in [6.45, 7) is 11.5. The third-order valence-corrected chi connectivity index (χ3v) is 8.27. The molecule has 3 heterocycles. The lowest BCUT2D eigenvalue weighted by molar-refractivity contribution is -0.0177. The first-order chi connectivity index (χ1) is 22.0. The highest BCUT2D eigenvalue weighted by Gasteiger charge is 2.30. The summed E-state index contributed by atoms with van der Waals surface area (Å²) in [4.78, 5) is 35.2. The molecule has 0 fully saturated rings. The van der Waals surface area contributed by atoms with Crippen molar-refractivity contribution in [3.63, 3.8) is 0 Å². The number of fused-ring (bicyclic) bond motifs is 1. The predicted molar refractivity (Wildman–Crippen MR) is 176 cm³/mol. The molecule has 1 aliphatic heterocycles. The van der Waals surface area contributed by atoms with Gasteiger partial charge in [-0.2, -0.15) is 0 Å². The van der Waals surface area contributed by atoms with Gasteiger partial charge >= 0.3 is 6.03 Å². The number of amides is 3. The minimum atomic E-state index is -0.498. The Hall–Kier alpha value is -4.00. The van der Waals surface area contributed by atoms with Crippen LogP contribution in [0.3, 0.4) is 0 Å². The second kappa shape index (κ2) is 16.5. The van der Waals surface area contributed by atoms with E-state index in [4.69, 9.17) is 14.0 Å². The van der Waals surface area contributed by atoms with Crippen molar-refractivity contribution in [2.45, 2.75) is 78.7 Å². The summed E-state index contributed by atoms with van der Waals surface area (Å²) >= 11 is 0. The summed E-state index contributed by atoms with van der Waals surface area (Å²) in [6.07, 6.45) is 5.86. The molecule has 0 aliphatic carbocycles. The lowest BCUT2D eigenvalue weighted by Crippen LogP contribution is -2.47. The summed E-state index contributed by atoms with van der Waals surface area (Å²) in [6, 6.07) is 8.08. The zero-order chi connectivity index (χ0) is 33.2. The van der Waals surface area contributed by atoms with E-state index in [1.165, 1.54) is 0 Å². The predicted octanol–water partition coefficient (Wildman–Crippen LogP) is 5.26. The van der Waals surface area contributed by atoms with Crippen LogP contribution in [0.25, 0.3) is 0 Å². The van der Waals surface area contributed by atoms with Crippen molar-refractivity contribution in [2.75, 3.05) is 44.0 Å². The van der Waals surface area contributed by atoms with E-state index >= 15 is 0 Å². The molecule has 4 atom stereocenters. The highest BCUT2D eigenvalue weighted by molar-refractivity contribution is 6.03. The fraction of sp³-hybridized carbons (Fsp3) is 0.529. The van der Waals surface area contributed by atoms with Crippen LogP contribution in [0.15, 0.2) is 47.2 Å². The molecule has 3 N–H and O–H groups in total. The average Bonchev–Trinajstić information content (AvgIpc) is 3.34. The molecule has 0 bridgehead atoms. The fourth-order valence-electron chi connectivity index (χ4n) is 5.57. The van der Waals surface area contributed by atoms with Gasteiger partial charge in [0.25, 0.3) is 5.91 Å². The van der Waals surface area contributed by atoms with E-state index in [-0.39, 0.29) is 30.6 Å². The van der Waals surface area contributed by atoms with Crippen molar-refractivity contribution in [2.24, 2.45) is 5.92 Å². The van der Waals surface area contributed by atoms with E-state index in [0.717, 1.165) is 31.4 Å². The SMILES string of the molecule is Cc1noc(C)c1NC(=O)Nc1ccc2c(c1)C(=O)N([C@H](C)CO)C[C@H](C)[C@@H](CN(C)Cc1ccncc1)OCCCC[C@H](C)O2. The maximum absolute atomic E-state index is 14.3. The van der Waals surface area contributed by atoms with Gasteiger partial charge in [-0.3, -0.25) is 14.7 Å². The Morgan fingerprint density at radius 1 is 1.15 bits per heavy atom. The number of benzene rings is 1. The van der Waals surface area contributed by atoms with Crippen LogP contribution < -0.4 is 15.4 Å². The first-order valence-electron chi connectivity index (χ1n) is 16.0. The third kappa shape index (κ3) is 9.51. The maximum Gasteiger partial charge on any atom is 0.323 e. The number of nitrogens with zero attached hydrogens (tertiary/aromatic N) is 4. The third-order valence-electron chi connectivity index (χ3n) is 8.27. The van der Waals surface area contributed by atoms with E-state index in [1.54, 1.807) is 49.3 Å². The van der Waals surface area contributed by atoms with Crippen molar-refractivity contribution in [1.29, 1.82) is 0 Å². The quantitative estimate of drug-likeness (QED) is 0.302. The van der Waals surface area contributed by atoms with Gasteiger partial charge in [0.05, 0.1) is 30.4 Å². The molecule has 0 radical (unpaired) electrons. The van der Waals surface area contributed by atoms with Crippen molar-refractivity contribution >= 4 is 23.3 Å². The van der Waals surface area contributed by atoms with Gasteiger partial charge in [0.15, 0.2) is 5.76 Å². The molecule has 0 unspecified atom stereocenters. The number of aliphatic hydroxyl groups is 1. The fourth-order valence-corrected chi connectivity index (χ4v) is 5.57. The van der Waals surface area contributed by atoms with E-state index in [1.807, 2.05) is 26.0 Å². The Kier molecular flexibility index (Phi) is 12.5. The second-order valence-electron chi connectivity index (χ2n) is 12.3. The van der Waals surface area contributed by atoms with Gasteiger partial charge < -0.3 is 34.6 Å². The first-order valence-corrected chi connectivity index (χ1v) is 16.0. The highest BCUT2D eigenvalue weighted by atomic mass is 16.5. The number of carbonyl (C=O) groups excluding carboxylic acids is 2. The number of nitrogens with one attached hydrogen (secondary N) is 2. The Labute approximate surface area is 271 Å². The van der Waals surface area contributed by atoms with Crippen molar-refractivity contribution in [3.8, 4) is 5.75 Å². The van der Waals surface area contributed by atoms with E-state index in [0.29, 0.717) is 53.8 Å². The van der Waals surface area contributed by atoms with Crippen LogP contribution in [0.2, 0.25) is 0 Å². The number of hydrogen-bond acceptors (Lipinski definition) is 9. The van der Waals surface area contributed by atoms with Crippen molar-refractivity contribution in [3.05, 3.63) is 65.3 Å². The number of aromatic nitrogens is 2. The maximum atomic E-state index is 14.3. The molecule has 4 rings (SSSR count). The van der Waals surface area contributed by atoms with Crippen LogP contribution in [0.4, 0.5) is 16.2 Å². The number of ether oxygens (including phenoxy) is 2. The number of aryl methyl sites for hydroxylation is 2. The molecule has 0 saturated heterocycles. The van der Waals surface area contributed by atoms with E-state index in [9.17, 15) is 14.7 Å². The highest BCUT2D eigenvalue weighted by Crippen LogP contribution is 2.29.